The van der Waals surface area contributed by atoms with E-state index >= 15 is 0 Å². The number of halogens is 3. The Morgan fingerprint density at radius 3 is 2.71 bits per heavy atom. The monoisotopic (exact) mass is 247 g/mol. The van der Waals surface area contributed by atoms with Gasteiger partial charge in [-0.3, -0.25) is 0 Å². The van der Waals surface area contributed by atoms with Crippen LogP contribution in [0.15, 0.2) is 24.3 Å². The first kappa shape index (κ1) is 13.8. The van der Waals surface area contributed by atoms with Gasteiger partial charge in [0.15, 0.2) is 0 Å². The Morgan fingerprint density at radius 2 is 2.06 bits per heavy atom. The summed E-state index contributed by atoms with van der Waals surface area (Å²) in [5, 5.41) is 2.99. The zero-order valence-corrected chi connectivity index (χ0v) is 9.68. The highest BCUT2D eigenvalue weighted by molar-refractivity contribution is 5.28. The van der Waals surface area contributed by atoms with E-state index in [1.807, 2.05) is 25.2 Å². The fraction of sp³-hybridized carbons (Fsp3) is 0.500. The predicted octanol–water partition coefficient (Wildman–Crippen LogP) is 3.13. The Balaban J connectivity index is 2.34. The van der Waals surface area contributed by atoms with Crippen LogP contribution in [0.5, 0.6) is 5.75 Å². The second-order valence-corrected chi connectivity index (χ2v) is 3.74. The summed E-state index contributed by atoms with van der Waals surface area (Å²) in [6, 6.07) is 7.32. The molecule has 0 heterocycles. The van der Waals surface area contributed by atoms with E-state index in [1.54, 1.807) is 6.07 Å². The van der Waals surface area contributed by atoms with Crippen molar-refractivity contribution < 1.29 is 17.9 Å². The van der Waals surface area contributed by atoms with E-state index in [4.69, 9.17) is 4.74 Å². The van der Waals surface area contributed by atoms with E-state index < -0.39 is 12.6 Å². The molecule has 5 heteroatoms. The minimum Gasteiger partial charge on any atom is -0.494 e. The molecule has 0 aromatic heterocycles. The molecule has 0 spiro atoms. The molecule has 0 fully saturated rings. The summed E-state index contributed by atoms with van der Waals surface area (Å²) < 4.78 is 40.9. The molecule has 0 amide bonds. The molecule has 1 N–H and O–H groups in total. The van der Waals surface area contributed by atoms with Crippen LogP contribution in [-0.4, -0.2) is 19.8 Å². The first-order chi connectivity index (χ1) is 8.01. The van der Waals surface area contributed by atoms with Crippen molar-refractivity contribution in [3.05, 3.63) is 29.8 Å². The van der Waals surface area contributed by atoms with Gasteiger partial charge in [-0.25, -0.2) is 0 Å². The summed E-state index contributed by atoms with van der Waals surface area (Å²) >= 11 is 0. The van der Waals surface area contributed by atoms with Crippen molar-refractivity contribution in [1.82, 2.24) is 5.32 Å². The minimum absolute atomic E-state index is 0.0141. The third-order valence-corrected chi connectivity index (χ3v) is 2.15. The van der Waals surface area contributed by atoms with Gasteiger partial charge in [-0.1, -0.05) is 12.1 Å². The summed E-state index contributed by atoms with van der Waals surface area (Å²) in [6.45, 7) is 0.794. The lowest BCUT2D eigenvalue weighted by atomic mass is 10.2. The van der Waals surface area contributed by atoms with Gasteiger partial charge in [0.25, 0.3) is 0 Å². The van der Waals surface area contributed by atoms with Gasteiger partial charge in [0.05, 0.1) is 6.61 Å². The van der Waals surface area contributed by atoms with Crippen molar-refractivity contribution in [2.45, 2.75) is 25.6 Å². The molecule has 0 unspecified atom stereocenters. The predicted molar refractivity (Wildman–Crippen MR) is 60.0 cm³/mol. The van der Waals surface area contributed by atoms with Crippen LogP contribution in [0.3, 0.4) is 0 Å². The summed E-state index contributed by atoms with van der Waals surface area (Å²) in [5.74, 6) is 0.611. The molecule has 0 aliphatic rings. The number of benzene rings is 1. The Labute approximate surface area is 98.8 Å². The molecule has 0 saturated heterocycles. The maximum atomic E-state index is 11.9. The largest absolute Gasteiger partial charge is 0.494 e. The van der Waals surface area contributed by atoms with Crippen LogP contribution in [0.2, 0.25) is 0 Å². The molecule has 0 radical (unpaired) electrons. The van der Waals surface area contributed by atoms with Gasteiger partial charge in [-0.15, -0.1) is 0 Å². The third kappa shape index (κ3) is 6.16. The lowest BCUT2D eigenvalue weighted by Crippen LogP contribution is -2.10. The number of hydrogen-bond donors (Lipinski definition) is 1. The minimum atomic E-state index is -4.10. The second-order valence-electron chi connectivity index (χ2n) is 3.74. The standard InChI is InChI=1S/C12H16F3NO/c1-16-9-10-4-2-5-11(8-10)17-7-3-6-12(13,14)15/h2,4-5,8,16H,3,6-7,9H2,1H3. The van der Waals surface area contributed by atoms with Crippen molar-refractivity contribution in [3.8, 4) is 5.75 Å². The highest BCUT2D eigenvalue weighted by atomic mass is 19.4. The average Bonchev–Trinajstić information content (AvgIpc) is 2.24. The number of rotatable bonds is 6. The van der Waals surface area contributed by atoms with Crippen molar-refractivity contribution in [2.24, 2.45) is 0 Å². The van der Waals surface area contributed by atoms with Gasteiger partial charge >= 0.3 is 6.18 Å². The Kier molecular flexibility index (Phi) is 5.28. The van der Waals surface area contributed by atoms with Crippen molar-refractivity contribution in [3.63, 3.8) is 0 Å². The van der Waals surface area contributed by atoms with E-state index in [0.717, 1.165) is 5.56 Å². The first-order valence-corrected chi connectivity index (χ1v) is 5.44. The molecule has 0 aliphatic heterocycles. The second kappa shape index (κ2) is 6.49. The molecule has 17 heavy (non-hydrogen) atoms. The first-order valence-electron chi connectivity index (χ1n) is 5.44. The molecule has 0 aliphatic carbocycles. The van der Waals surface area contributed by atoms with Crippen LogP contribution < -0.4 is 10.1 Å². The summed E-state index contributed by atoms with van der Waals surface area (Å²) in [5.41, 5.74) is 1.04. The molecule has 1 rings (SSSR count). The maximum Gasteiger partial charge on any atom is 0.389 e. The maximum absolute atomic E-state index is 11.9. The molecular weight excluding hydrogens is 231 g/mol. The van der Waals surface area contributed by atoms with Crippen LogP contribution in [-0.2, 0) is 6.54 Å². The molecule has 2 nitrogen and oxygen atoms in total. The SMILES string of the molecule is CNCc1cccc(OCCCC(F)(F)F)c1. The fourth-order valence-corrected chi connectivity index (χ4v) is 1.41. The third-order valence-electron chi connectivity index (χ3n) is 2.15. The van der Waals surface area contributed by atoms with Crippen LogP contribution in [0.4, 0.5) is 13.2 Å². The van der Waals surface area contributed by atoms with E-state index in [9.17, 15) is 13.2 Å². The average molecular weight is 247 g/mol. The van der Waals surface area contributed by atoms with E-state index in [-0.39, 0.29) is 13.0 Å². The van der Waals surface area contributed by atoms with Gasteiger partial charge in [0, 0.05) is 13.0 Å². The van der Waals surface area contributed by atoms with Crippen LogP contribution in [0.1, 0.15) is 18.4 Å². The summed E-state index contributed by atoms with van der Waals surface area (Å²) in [7, 11) is 1.83. The molecule has 0 bridgehead atoms. The van der Waals surface area contributed by atoms with Crippen LogP contribution in [0, 0.1) is 0 Å². The van der Waals surface area contributed by atoms with Gasteiger partial charge in [0.2, 0.25) is 0 Å². The Bertz CT molecular complexity index is 339. The molecule has 1 aromatic rings. The number of ether oxygens (including phenoxy) is 1. The zero-order chi connectivity index (χ0) is 12.7. The highest BCUT2D eigenvalue weighted by Gasteiger charge is 2.26. The topological polar surface area (TPSA) is 21.3 Å². The molecule has 0 saturated carbocycles. The molecule has 96 valence electrons. The van der Waals surface area contributed by atoms with Gasteiger partial charge in [-0.05, 0) is 31.2 Å². The number of alkyl halides is 3. The van der Waals surface area contributed by atoms with E-state index in [2.05, 4.69) is 5.32 Å². The Hall–Kier alpha value is -1.23. The highest BCUT2D eigenvalue weighted by Crippen LogP contribution is 2.21. The lowest BCUT2D eigenvalue weighted by Gasteiger charge is -2.09. The normalized spacial score (nSPS) is 11.5. The molecular formula is C12H16F3NO. The number of nitrogens with one attached hydrogen (secondary N) is 1. The van der Waals surface area contributed by atoms with Crippen molar-refractivity contribution >= 4 is 0 Å². The van der Waals surface area contributed by atoms with Crippen LogP contribution >= 0.6 is 0 Å². The number of hydrogen-bond acceptors (Lipinski definition) is 2. The smallest absolute Gasteiger partial charge is 0.389 e. The summed E-state index contributed by atoms with van der Waals surface area (Å²) in [6.07, 6.45) is -4.92. The van der Waals surface area contributed by atoms with Crippen molar-refractivity contribution in [2.75, 3.05) is 13.7 Å². The molecule has 0 atom stereocenters. The van der Waals surface area contributed by atoms with Crippen molar-refractivity contribution in [1.29, 1.82) is 0 Å². The van der Waals surface area contributed by atoms with Gasteiger partial charge < -0.3 is 10.1 Å². The fourth-order valence-electron chi connectivity index (χ4n) is 1.41. The van der Waals surface area contributed by atoms with Gasteiger partial charge in [-0.2, -0.15) is 13.2 Å². The van der Waals surface area contributed by atoms with Crippen LogP contribution in [0.25, 0.3) is 0 Å². The quantitative estimate of drug-likeness (QED) is 0.780. The Morgan fingerprint density at radius 1 is 1.29 bits per heavy atom. The summed E-state index contributed by atoms with van der Waals surface area (Å²) in [4.78, 5) is 0. The van der Waals surface area contributed by atoms with Gasteiger partial charge in [0.1, 0.15) is 5.75 Å². The van der Waals surface area contributed by atoms with E-state index in [1.165, 1.54) is 0 Å². The van der Waals surface area contributed by atoms with E-state index in [0.29, 0.717) is 12.3 Å². The zero-order valence-electron chi connectivity index (χ0n) is 9.68. The molecule has 1 aromatic carbocycles. The lowest BCUT2D eigenvalue weighted by molar-refractivity contribution is -0.136.